The molecule has 0 fully saturated rings. The summed E-state index contributed by atoms with van der Waals surface area (Å²) in [6, 6.07) is 14.8. The molecule has 0 unspecified atom stereocenters. The number of benzene rings is 2. The van der Waals surface area contributed by atoms with Crippen LogP contribution in [0.25, 0.3) is 0 Å². The summed E-state index contributed by atoms with van der Waals surface area (Å²) >= 11 is 1.92. The largest absolute Gasteiger partial charge is 0.399 e. The highest BCUT2D eigenvalue weighted by atomic mass is 32.2. The molecule has 0 aliphatic rings. The lowest BCUT2D eigenvalue weighted by molar-refractivity contribution is 1.15. The fraction of sp³-hybridized carbons (Fsp3) is 0.250. The quantitative estimate of drug-likeness (QED) is 0.655. The Morgan fingerprint density at radius 2 is 1.72 bits per heavy atom. The summed E-state index contributed by atoms with van der Waals surface area (Å²) in [5, 5.41) is 0. The molecule has 0 aliphatic heterocycles. The molecule has 2 aromatic rings. The van der Waals surface area contributed by atoms with Gasteiger partial charge in [-0.2, -0.15) is 0 Å². The summed E-state index contributed by atoms with van der Waals surface area (Å²) in [7, 11) is 0. The van der Waals surface area contributed by atoms with Crippen molar-refractivity contribution in [3.8, 4) is 0 Å². The Kier molecular flexibility index (Phi) is 4.32. The maximum atomic E-state index is 5.68. The standard InChI is InChI=1S/C16H19NS/c1-12-3-8-16(13(2)11-12)18-10-9-14-4-6-15(17)7-5-14/h3-8,11H,9-10,17H2,1-2H3. The number of hydrogen-bond acceptors (Lipinski definition) is 2. The first-order chi connectivity index (χ1) is 8.65. The molecule has 0 heterocycles. The van der Waals surface area contributed by atoms with Gasteiger partial charge >= 0.3 is 0 Å². The van der Waals surface area contributed by atoms with Crippen molar-refractivity contribution >= 4 is 17.4 Å². The van der Waals surface area contributed by atoms with Crippen molar-refractivity contribution in [1.29, 1.82) is 0 Å². The number of thioether (sulfide) groups is 1. The van der Waals surface area contributed by atoms with Crippen molar-refractivity contribution in [2.24, 2.45) is 0 Å². The van der Waals surface area contributed by atoms with Crippen LogP contribution in [0.15, 0.2) is 47.4 Å². The first-order valence-corrected chi connectivity index (χ1v) is 7.18. The van der Waals surface area contributed by atoms with E-state index in [-0.39, 0.29) is 0 Å². The van der Waals surface area contributed by atoms with Gasteiger partial charge in [-0.1, -0.05) is 29.8 Å². The Balaban J connectivity index is 1.90. The highest BCUT2D eigenvalue weighted by Gasteiger charge is 2.00. The molecule has 1 nitrogen and oxygen atoms in total. The van der Waals surface area contributed by atoms with Gasteiger partial charge in [-0.3, -0.25) is 0 Å². The van der Waals surface area contributed by atoms with E-state index >= 15 is 0 Å². The average molecular weight is 257 g/mol. The Morgan fingerprint density at radius 3 is 2.39 bits per heavy atom. The zero-order valence-electron chi connectivity index (χ0n) is 10.9. The first kappa shape index (κ1) is 13.0. The third-order valence-electron chi connectivity index (χ3n) is 2.96. The molecule has 0 aliphatic carbocycles. The molecule has 0 saturated carbocycles. The van der Waals surface area contributed by atoms with E-state index in [1.54, 1.807) is 0 Å². The normalized spacial score (nSPS) is 10.6. The van der Waals surface area contributed by atoms with Crippen molar-refractivity contribution in [2.45, 2.75) is 25.2 Å². The Labute approximate surface area is 113 Å². The number of nitrogens with two attached hydrogens (primary N) is 1. The average Bonchev–Trinajstić information content (AvgIpc) is 2.34. The van der Waals surface area contributed by atoms with Gasteiger partial charge in [0.2, 0.25) is 0 Å². The number of rotatable bonds is 4. The van der Waals surface area contributed by atoms with Crippen LogP contribution in [-0.2, 0) is 6.42 Å². The molecule has 94 valence electrons. The van der Waals surface area contributed by atoms with E-state index in [9.17, 15) is 0 Å². The maximum absolute atomic E-state index is 5.68. The van der Waals surface area contributed by atoms with Gasteiger partial charge in [-0.25, -0.2) is 0 Å². The maximum Gasteiger partial charge on any atom is 0.0314 e. The van der Waals surface area contributed by atoms with Crippen LogP contribution in [-0.4, -0.2) is 5.75 Å². The van der Waals surface area contributed by atoms with Gasteiger partial charge in [0.15, 0.2) is 0 Å². The topological polar surface area (TPSA) is 26.0 Å². The van der Waals surface area contributed by atoms with Crippen molar-refractivity contribution < 1.29 is 0 Å². The molecule has 2 heteroatoms. The minimum Gasteiger partial charge on any atom is -0.399 e. The van der Waals surface area contributed by atoms with Crippen LogP contribution in [0.3, 0.4) is 0 Å². The van der Waals surface area contributed by atoms with Crippen molar-refractivity contribution in [3.63, 3.8) is 0 Å². The van der Waals surface area contributed by atoms with E-state index in [4.69, 9.17) is 5.73 Å². The Hall–Kier alpha value is -1.41. The van der Waals surface area contributed by atoms with E-state index in [0.717, 1.165) is 17.9 Å². The molecule has 2 rings (SSSR count). The molecule has 0 atom stereocenters. The molecule has 0 bridgehead atoms. The number of hydrogen-bond donors (Lipinski definition) is 1. The van der Waals surface area contributed by atoms with Gasteiger partial charge in [-0.15, -0.1) is 11.8 Å². The number of nitrogen functional groups attached to an aromatic ring is 1. The third-order valence-corrected chi connectivity index (χ3v) is 4.14. The van der Waals surface area contributed by atoms with Crippen molar-refractivity contribution in [2.75, 3.05) is 11.5 Å². The summed E-state index contributed by atoms with van der Waals surface area (Å²) in [5.74, 6) is 1.10. The molecule has 0 saturated heterocycles. The van der Waals surface area contributed by atoms with Gasteiger partial charge < -0.3 is 5.73 Å². The van der Waals surface area contributed by atoms with E-state index < -0.39 is 0 Å². The molecular formula is C16H19NS. The molecule has 0 aromatic heterocycles. The molecule has 0 radical (unpaired) electrons. The summed E-state index contributed by atoms with van der Waals surface area (Å²) < 4.78 is 0. The molecule has 18 heavy (non-hydrogen) atoms. The van der Waals surface area contributed by atoms with Gasteiger partial charge in [0, 0.05) is 16.3 Å². The SMILES string of the molecule is Cc1ccc(SCCc2ccc(N)cc2)c(C)c1. The van der Waals surface area contributed by atoms with Crippen molar-refractivity contribution in [3.05, 3.63) is 59.2 Å². The van der Waals surface area contributed by atoms with Crippen LogP contribution in [0.4, 0.5) is 5.69 Å². The Morgan fingerprint density at radius 1 is 1.00 bits per heavy atom. The van der Waals surface area contributed by atoms with E-state index in [1.165, 1.54) is 21.6 Å². The Bertz CT molecular complexity index is 517. The number of aryl methyl sites for hydroxylation is 3. The number of anilines is 1. The monoisotopic (exact) mass is 257 g/mol. The van der Waals surface area contributed by atoms with Crippen molar-refractivity contribution in [1.82, 2.24) is 0 Å². The van der Waals surface area contributed by atoms with Crippen LogP contribution in [0.2, 0.25) is 0 Å². The minimum atomic E-state index is 0.834. The second kappa shape index (κ2) is 5.96. The van der Waals surface area contributed by atoms with Crippen LogP contribution in [0.1, 0.15) is 16.7 Å². The van der Waals surface area contributed by atoms with Gasteiger partial charge in [0.25, 0.3) is 0 Å². The zero-order chi connectivity index (χ0) is 13.0. The fourth-order valence-electron chi connectivity index (χ4n) is 1.92. The third kappa shape index (κ3) is 3.54. The van der Waals surface area contributed by atoms with Gasteiger partial charge in [0.1, 0.15) is 0 Å². The zero-order valence-corrected chi connectivity index (χ0v) is 11.8. The van der Waals surface area contributed by atoms with Gasteiger partial charge in [-0.05, 0) is 49.6 Å². The molecular weight excluding hydrogens is 238 g/mol. The van der Waals surface area contributed by atoms with Crippen LogP contribution < -0.4 is 5.73 Å². The van der Waals surface area contributed by atoms with Crippen LogP contribution in [0, 0.1) is 13.8 Å². The van der Waals surface area contributed by atoms with E-state index in [0.29, 0.717) is 0 Å². The summed E-state index contributed by atoms with van der Waals surface area (Å²) in [4.78, 5) is 1.39. The minimum absolute atomic E-state index is 0.834. The second-order valence-electron chi connectivity index (χ2n) is 4.61. The van der Waals surface area contributed by atoms with Crippen LogP contribution in [0.5, 0.6) is 0 Å². The van der Waals surface area contributed by atoms with Crippen LogP contribution >= 0.6 is 11.8 Å². The first-order valence-electron chi connectivity index (χ1n) is 6.19. The lowest BCUT2D eigenvalue weighted by atomic mass is 10.1. The summed E-state index contributed by atoms with van der Waals surface area (Å²) in [5.41, 5.74) is 10.6. The predicted molar refractivity (Wildman–Crippen MR) is 81.2 cm³/mol. The second-order valence-corrected chi connectivity index (χ2v) is 5.75. The molecule has 2 aromatic carbocycles. The van der Waals surface area contributed by atoms with E-state index in [2.05, 4.69) is 44.2 Å². The highest BCUT2D eigenvalue weighted by molar-refractivity contribution is 7.99. The van der Waals surface area contributed by atoms with E-state index in [1.807, 2.05) is 23.9 Å². The summed E-state index contributed by atoms with van der Waals surface area (Å²) in [6.45, 7) is 4.31. The lowest BCUT2D eigenvalue weighted by Crippen LogP contribution is -1.91. The van der Waals surface area contributed by atoms with Gasteiger partial charge in [0.05, 0.1) is 0 Å². The lowest BCUT2D eigenvalue weighted by Gasteiger charge is -2.06. The fourth-order valence-corrected chi connectivity index (χ4v) is 2.93. The summed E-state index contributed by atoms with van der Waals surface area (Å²) in [6.07, 6.45) is 1.08. The molecule has 0 spiro atoms. The molecule has 2 N–H and O–H groups in total. The molecule has 0 amide bonds. The highest BCUT2D eigenvalue weighted by Crippen LogP contribution is 2.24. The smallest absolute Gasteiger partial charge is 0.0314 e. The predicted octanol–water partition coefficient (Wildman–Crippen LogP) is 4.22.